The van der Waals surface area contributed by atoms with Gasteiger partial charge in [0.2, 0.25) is 0 Å². The van der Waals surface area contributed by atoms with E-state index in [4.69, 9.17) is 4.74 Å². The topological polar surface area (TPSA) is 66.9 Å². The van der Waals surface area contributed by atoms with Crippen LogP contribution in [0.2, 0.25) is 0 Å². The highest BCUT2D eigenvalue weighted by molar-refractivity contribution is 7.86. The number of carbonyl (C=O) groups excluding carboxylic acids is 1. The van der Waals surface area contributed by atoms with E-state index in [1.807, 2.05) is 30.3 Å². The molecule has 0 aliphatic rings. The summed E-state index contributed by atoms with van der Waals surface area (Å²) in [7, 11) is -0.617. The van der Waals surface area contributed by atoms with Crippen molar-refractivity contribution in [3.05, 3.63) is 35.9 Å². The SMILES string of the molecule is CCOC(=O)CCN(C)S(=O)(=O)N(C)Cc1ccccc1. The molecule has 0 amide bonds. The van der Waals surface area contributed by atoms with Crippen LogP contribution in [0.15, 0.2) is 30.3 Å². The number of esters is 1. The molecule has 1 rings (SSSR count). The summed E-state index contributed by atoms with van der Waals surface area (Å²) in [6, 6.07) is 9.33. The second-order valence-electron chi connectivity index (χ2n) is 4.63. The van der Waals surface area contributed by atoms with Crippen LogP contribution in [0, 0.1) is 0 Å². The predicted molar refractivity (Wildman–Crippen MR) is 80.7 cm³/mol. The van der Waals surface area contributed by atoms with Crippen LogP contribution in [0.1, 0.15) is 18.9 Å². The number of hydrogen-bond donors (Lipinski definition) is 0. The minimum atomic E-state index is -3.59. The first kappa shape index (κ1) is 17.6. The molecule has 1 aromatic carbocycles. The third-order valence-corrected chi connectivity index (χ3v) is 4.86. The summed E-state index contributed by atoms with van der Waals surface area (Å²) < 4.78 is 31.8. The van der Waals surface area contributed by atoms with Crippen molar-refractivity contribution in [3.8, 4) is 0 Å². The molecule has 0 aliphatic heterocycles. The van der Waals surface area contributed by atoms with E-state index < -0.39 is 16.2 Å². The van der Waals surface area contributed by atoms with Gasteiger partial charge in [-0.15, -0.1) is 0 Å². The van der Waals surface area contributed by atoms with E-state index >= 15 is 0 Å². The summed E-state index contributed by atoms with van der Waals surface area (Å²) in [6.07, 6.45) is 0.0444. The van der Waals surface area contributed by atoms with E-state index in [-0.39, 0.29) is 19.5 Å². The largest absolute Gasteiger partial charge is 0.466 e. The van der Waals surface area contributed by atoms with Crippen molar-refractivity contribution in [2.45, 2.75) is 19.9 Å². The minimum absolute atomic E-state index is 0.0444. The van der Waals surface area contributed by atoms with Crippen LogP contribution in [-0.2, 0) is 26.3 Å². The molecule has 0 heterocycles. The van der Waals surface area contributed by atoms with Crippen molar-refractivity contribution in [2.75, 3.05) is 27.2 Å². The van der Waals surface area contributed by atoms with Crippen molar-refractivity contribution in [1.29, 1.82) is 0 Å². The first-order valence-electron chi connectivity index (χ1n) is 6.75. The quantitative estimate of drug-likeness (QED) is 0.677. The molecule has 6 nitrogen and oxygen atoms in total. The van der Waals surface area contributed by atoms with E-state index in [9.17, 15) is 13.2 Å². The smallest absolute Gasteiger partial charge is 0.307 e. The van der Waals surface area contributed by atoms with Crippen LogP contribution in [0.4, 0.5) is 0 Å². The first-order valence-corrected chi connectivity index (χ1v) is 8.14. The van der Waals surface area contributed by atoms with Gasteiger partial charge in [-0.25, -0.2) is 0 Å². The average molecular weight is 314 g/mol. The summed E-state index contributed by atoms with van der Waals surface area (Å²) in [5, 5.41) is 0. The van der Waals surface area contributed by atoms with Gasteiger partial charge in [0.05, 0.1) is 13.0 Å². The van der Waals surface area contributed by atoms with Gasteiger partial charge in [-0.2, -0.15) is 17.0 Å². The summed E-state index contributed by atoms with van der Waals surface area (Å²) in [4.78, 5) is 11.3. The van der Waals surface area contributed by atoms with Crippen LogP contribution in [-0.4, -0.2) is 50.2 Å². The number of carbonyl (C=O) groups is 1. The summed E-state index contributed by atoms with van der Waals surface area (Å²) >= 11 is 0. The molecule has 0 fully saturated rings. The maximum absolute atomic E-state index is 12.3. The van der Waals surface area contributed by atoms with E-state index in [0.717, 1.165) is 9.87 Å². The van der Waals surface area contributed by atoms with Crippen molar-refractivity contribution in [1.82, 2.24) is 8.61 Å². The molecule has 0 unspecified atom stereocenters. The number of nitrogens with zero attached hydrogens (tertiary/aromatic N) is 2. The van der Waals surface area contributed by atoms with Gasteiger partial charge in [0, 0.05) is 27.2 Å². The Morgan fingerprint density at radius 1 is 1.14 bits per heavy atom. The molecule has 7 heteroatoms. The van der Waals surface area contributed by atoms with Crippen LogP contribution >= 0.6 is 0 Å². The second kappa shape index (κ2) is 8.11. The molecular formula is C14H22N2O4S. The van der Waals surface area contributed by atoms with Gasteiger partial charge in [-0.05, 0) is 12.5 Å². The third-order valence-electron chi connectivity index (χ3n) is 2.97. The molecule has 0 N–H and O–H groups in total. The Morgan fingerprint density at radius 3 is 2.33 bits per heavy atom. The zero-order valence-corrected chi connectivity index (χ0v) is 13.5. The Balaban J connectivity index is 2.60. The molecular weight excluding hydrogens is 292 g/mol. The molecule has 0 spiro atoms. The van der Waals surface area contributed by atoms with Crippen molar-refractivity contribution in [3.63, 3.8) is 0 Å². The lowest BCUT2D eigenvalue weighted by atomic mass is 10.2. The zero-order chi connectivity index (χ0) is 15.9. The third kappa shape index (κ3) is 5.45. The minimum Gasteiger partial charge on any atom is -0.466 e. The summed E-state index contributed by atoms with van der Waals surface area (Å²) in [6.45, 7) is 2.39. The molecule has 21 heavy (non-hydrogen) atoms. The monoisotopic (exact) mass is 314 g/mol. The number of rotatable bonds is 8. The molecule has 118 valence electrons. The Labute approximate surface area is 126 Å². The number of ether oxygens (including phenoxy) is 1. The average Bonchev–Trinajstić information content (AvgIpc) is 2.46. The number of hydrogen-bond acceptors (Lipinski definition) is 4. The lowest BCUT2D eigenvalue weighted by molar-refractivity contribution is -0.143. The fourth-order valence-corrected chi connectivity index (χ4v) is 2.87. The van der Waals surface area contributed by atoms with E-state index in [1.54, 1.807) is 6.92 Å². The Bertz CT molecular complexity index is 545. The highest BCUT2D eigenvalue weighted by Crippen LogP contribution is 2.10. The summed E-state index contributed by atoms with van der Waals surface area (Å²) in [5.41, 5.74) is 0.905. The molecule has 0 aromatic heterocycles. The van der Waals surface area contributed by atoms with Crippen LogP contribution in [0.25, 0.3) is 0 Å². The molecule has 0 saturated heterocycles. The predicted octanol–water partition coefficient (Wildman–Crippen LogP) is 1.25. The van der Waals surface area contributed by atoms with Gasteiger partial charge in [0.25, 0.3) is 10.2 Å². The summed E-state index contributed by atoms with van der Waals surface area (Å²) in [5.74, 6) is -0.398. The van der Waals surface area contributed by atoms with Crippen molar-refractivity contribution < 1.29 is 17.9 Å². The van der Waals surface area contributed by atoms with Gasteiger partial charge in [-0.1, -0.05) is 30.3 Å². The lowest BCUT2D eigenvalue weighted by Crippen LogP contribution is -2.40. The zero-order valence-electron chi connectivity index (χ0n) is 12.7. The fourth-order valence-electron chi connectivity index (χ4n) is 1.76. The molecule has 0 atom stereocenters. The fraction of sp³-hybridized carbons (Fsp3) is 0.500. The highest BCUT2D eigenvalue weighted by Gasteiger charge is 2.24. The van der Waals surface area contributed by atoms with E-state index in [2.05, 4.69) is 0 Å². The molecule has 0 bridgehead atoms. The normalized spacial score (nSPS) is 11.9. The van der Waals surface area contributed by atoms with Gasteiger partial charge >= 0.3 is 5.97 Å². The van der Waals surface area contributed by atoms with Crippen LogP contribution < -0.4 is 0 Å². The lowest BCUT2D eigenvalue weighted by Gasteiger charge is -2.24. The Kier molecular flexibility index (Phi) is 6.80. The van der Waals surface area contributed by atoms with Crippen LogP contribution in [0.5, 0.6) is 0 Å². The second-order valence-corrected chi connectivity index (χ2v) is 6.77. The van der Waals surface area contributed by atoms with E-state index in [0.29, 0.717) is 6.61 Å². The van der Waals surface area contributed by atoms with Gasteiger partial charge in [-0.3, -0.25) is 4.79 Å². The van der Waals surface area contributed by atoms with Gasteiger partial charge in [0.1, 0.15) is 0 Å². The first-order chi connectivity index (χ1) is 9.87. The standard InChI is InChI=1S/C14H22N2O4S/c1-4-20-14(17)10-11-15(2)21(18,19)16(3)12-13-8-6-5-7-9-13/h5-9H,4,10-12H2,1-3H3. The Morgan fingerprint density at radius 2 is 1.76 bits per heavy atom. The van der Waals surface area contributed by atoms with Crippen molar-refractivity contribution >= 4 is 16.2 Å². The maximum atomic E-state index is 12.3. The molecule has 1 aromatic rings. The highest BCUT2D eigenvalue weighted by atomic mass is 32.2. The molecule has 0 radical (unpaired) electrons. The van der Waals surface area contributed by atoms with E-state index in [1.165, 1.54) is 18.4 Å². The van der Waals surface area contributed by atoms with Gasteiger partial charge < -0.3 is 4.74 Å². The van der Waals surface area contributed by atoms with Crippen molar-refractivity contribution in [2.24, 2.45) is 0 Å². The number of benzene rings is 1. The molecule has 0 aliphatic carbocycles. The van der Waals surface area contributed by atoms with Gasteiger partial charge in [0.15, 0.2) is 0 Å². The Hall–Kier alpha value is -1.44. The van der Waals surface area contributed by atoms with Crippen LogP contribution in [0.3, 0.4) is 0 Å². The maximum Gasteiger partial charge on any atom is 0.307 e. The molecule has 0 saturated carbocycles.